The van der Waals surface area contributed by atoms with E-state index in [0.717, 1.165) is 0 Å². The fourth-order valence-corrected chi connectivity index (χ4v) is 0.916. The fraction of sp³-hybridized carbons (Fsp3) is 0.400. The summed E-state index contributed by atoms with van der Waals surface area (Å²) in [4.78, 5) is 0. The van der Waals surface area contributed by atoms with Crippen LogP contribution in [0.25, 0.3) is 0 Å². The second-order valence-corrected chi connectivity index (χ2v) is 2.95. The van der Waals surface area contributed by atoms with E-state index in [1.165, 1.54) is 6.07 Å². The van der Waals surface area contributed by atoms with E-state index < -0.39 is 0 Å². The first-order chi connectivity index (χ1) is 6.24. The smallest absolute Gasteiger partial charge is 0.128 e. The molecule has 1 rings (SSSR count). The highest BCUT2D eigenvalue weighted by atomic mass is 19.1. The number of benzene rings is 1. The highest BCUT2D eigenvalue weighted by molar-refractivity contribution is 5.16. The van der Waals surface area contributed by atoms with E-state index in [0.29, 0.717) is 12.1 Å². The number of hydrogen-bond acceptors (Lipinski definition) is 2. The minimum absolute atomic E-state index is 0.0281. The molecule has 0 aliphatic heterocycles. The summed E-state index contributed by atoms with van der Waals surface area (Å²) in [6, 6.07) is 6.57. The average molecular weight is 183 g/mol. The highest BCUT2D eigenvalue weighted by Gasteiger charge is 2.03. The van der Waals surface area contributed by atoms with Crippen LogP contribution in [0.2, 0.25) is 0 Å². The van der Waals surface area contributed by atoms with Crippen LogP contribution < -0.4 is 5.73 Å². The molecule has 72 valence electrons. The summed E-state index contributed by atoms with van der Waals surface area (Å²) >= 11 is 0. The summed E-state index contributed by atoms with van der Waals surface area (Å²) in [5.41, 5.74) is 5.93. The largest absolute Gasteiger partial charge is 0.372 e. The minimum atomic E-state index is -0.230. The van der Waals surface area contributed by atoms with Gasteiger partial charge in [0, 0.05) is 12.1 Å². The molecule has 13 heavy (non-hydrogen) atoms. The van der Waals surface area contributed by atoms with E-state index in [1.807, 2.05) is 6.92 Å². The van der Waals surface area contributed by atoms with Gasteiger partial charge in [-0.15, -0.1) is 0 Å². The minimum Gasteiger partial charge on any atom is -0.372 e. The Morgan fingerprint density at radius 3 is 2.77 bits per heavy atom. The molecule has 1 aromatic rings. The summed E-state index contributed by atoms with van der Waals surface area (Å²) in [6.45, 7) is 2.60. The van der Waals surface area contributed by atoms with E-state index in [4.69, 9.17) is 10.5 Å². The number of halogens is 1. The van der Waals surface area contributed by atoms with Crippen molar-refractivity contribution in [2.45, 2.75) is 19.6 Å². The van der Waals surface area contributed by atoms with Crippen LogP contribution in [-0.2, 0) is 11.3 Å². The van der Waals surface area contributed by atoms with Gasteiger partial charge in [-0.05, 0) is 13.0 Å². The maximum absolute atomic E-state index is 13.0. The maximum Gasteiger partial charge on any atom is 0.128 e. The molecule has 0 aromatic heterocycles. The van der Waals surface area contributed by atoms with Crippen molar-refractivity contribution in [2.75, 3.05) is 6.54 Å². The van der Waals surface area contributed by atoms with Gasteiger partial charge in [0.15, 0.2) is 0 Å². The summed E-state index contributed by atoms with van der Waals surface area (Å²) in [5, 5.41) is 0. The van der Waals surface area contributed by atoms with Crippen LogP contribution in [0.4, 0.5) is 4.39 Å². The Kier molecular flexibility index (Phi) is 3.86. The van der Waals surface area contributed by atoms with Crippen molar-refractivity contribution in [3.8, 4) is 0 Å². The van der Waals surface area contributed by atoms with Crippen LogP contribution in [0.5, 0.6) is 0 Å². The molecule has 0 spiro atoms. The van der Waals surface area contributed by atoms with Gasteiger partial charge in [0.1, 0.15) is 5.82 Å². The molecule has 0 fully saturated rings. The van der Waals surface area contributed by atoms with Gasteiger partial charge in [0.05, 0.1) is 12.7 Å². The van der Waals surface area contributed by atoms with Crippen molar-refractivity contribution in [1.29, 1.82) is 0 Å². The van der Waals surface area contributed by atoms with Crippen LogP contribution in [-0.4, -0.2) is 12.6 Å². The predicted octanol–water partition coefficient (Wildman–Crippen LogP) is 1.69. The third kappa shape index (κ3) is 3.13. The molecule has 2 N–H and O–H groups in total. The molecule has 0 radical (unpaired) electrons. The Balaban J connectivity index is 2.50. The molecule has 3 heteroatoms. The molecule has 0 heterocycles. The zero-order valence-corrected chi connectivity index (χ0v) is 7.66. The van der Waals surface area contributed by atoms with Crippen LogP contribution in [0, 0.1) is 5.82 Å². The standard InChI is InChI=1S/C10H14FNO/c1-8(6-12)13-7-9-4-2-3-5-10(9)11/h2-5,8H,6-7,12H2,1H3. The zero-order valence-electron chi connectivity index (χ0n) is 7.66. The lowest BCUT2D eigenvalue weighted by Crippen LogP contribution is -2.19. The first kappa shape index (κ1) is 10.2. The number of ether oxygens (including phenoxy) is 1. The van der Waals surface area contributed by atoms with Crippen molar-refractivity contribution in [2.24, 2.45) is 5.73 Å². The summed E-state index contributed by atoms with van der Waals surface area (Å²) in [5.74, 6) is -0.230. The monoisotopic (exact) mass is 183 g/mol. The summed E-state index contributed by atoms with van der Waals surface area (Å²) in [7, 11) is 0. The molecule has 0 amide bonds. The molecule has 1 aromatic carbocycles. The van der Waals surface area contributed by atoms with Gasteiger partial charge in [-0.3, -0.25) is 0 Å². The zero-order chi connectivity index (χ0) is 9.68. The average Bonchev–Trinajstić information content (AvgIpc) is 2.16. The molecule has 1 unspecified atom stereocenters. The molecule has 0 aliphatic carbocycles. The van der Waals surface area contributed by atoms with Crippen molar-refractivity contribution < 1.29 is 9.13 Å². The molecule has 2 nitrogen and oxygen atoms in total. The third-order valence-electron chi connectivity index (χ3n) is 1.81. The van der Waals surface area contributed by atoms with Crippen molar-refractivity contribution in [3.63, 3.8) is 0 Å². The van der Waals surface area contributed by atoms with Crippen LogP contribution in [0.15, 0.2) is 24.3 Å². The van der Waals surface area contributed by atoms with Crippen LogP contribution in [0.1, 0.15) is 12.5 Å². The normalized spacial score (nSPS) is 12.8. The van der Waals surface area contributed by atoms with Gasteiger partial charge in [0.25, 0.3) is 0 Å². The Morgan fingerprint density at radius 2 is 2.15 bits per heavy atom. The van der Waals surface area contributed by atoms with Gasteiger partial charge in [-0.1, -0.05) is 18.2 Å². The molecule has 0 bridgehead atoms. The number of nitrogens with two attached hydrogens (primary N) is 1. The Morgan fingerprint density at radius 1 is 1.46 bits per heavy atom. The first-order valence-electron chi connectivity index (χ1n) is 4.29. The second-order valence-electron chi connectivity index (χ2n) is 2.95. The third-order valence-corrected chi connectivity index (χ3v) is 1.81. The highest BCUT2D eigenvalue weighted by Crippen LogP contribution is 2.08. The topological polar surface area (TPSA) is 35.2 Å². The number of hydrogen-bond donors (Lipinski definition) is 1. The van der Waals surface area contributed by atoms with E-state index in [9.17, 15) is 4.39 Å². The summed E-state index contributed by atoms with van der Waals surface area (Å²) < 4.78 is 18.3. The predicted molar refractivity (Wildman–Crippen MR) is 49.7 cm³/mol. The van der Waals surface area contributed by atoms with E-state index in [1.54, 1.807) is 18.2 Å². The molecular weight excluding hydrogens is 169 g/mol. The van der Waals surface area contributed by atoms with Gasteiger partial charge in [-0.2, -0.15) is 0 Å². The Hall–Kier alpha value is -0.930. The van der Waals surface area contributed by atoms with Crippen molar-refractivity contribution >= 4 is 0 Å². The SMILES string of the molecule is CC(CN)OCc1ccccc1F. The van der Waals surface area contributed by atoms with Crippen LogP contribution in [0.3, 0.4) is 0 Å². The van der Waals surface area contributed by atoms with Gasteiger partial charge in [0.2, 0.25) is 0 Å². The quantitative estimate of drug-likeness (QED) is 0.771. The molecule has 0 saturated heterocycles. The van der Waals surface area contributed by atoms with Gasteiger partial charge >= 0.3 is 0 Å². The van der Waals surface area contributed by atoms with E-state index in [-0.39, 0.29) is 18.5 Å². The van der Waals surface area contributed by atoms with E-state index in [2.05, 4.69) is 0 Å². The Bertz CT molecular complexity index is 265. The molecular formula is C10H14FNO. The van der Waals surface area contributed by atoms with Gasteiger partial charge < -0.3 is 10.5 Å². The van der Waals surface area contributed by atoms with Crippen molar-refractivity contribution in [1.82, 2.24) is 0 Å². The fourth-order valence-electron chi connectivity index (χ4n) is 0.916. The molecule has 1 atom stereocenters. The Labute approximate surface area is 77.5 Å². The maximum atomic E-state index is 13.0. The van der Waals surface area contributed by atoms with Crippen molar-refractivity contribution in [3.05, 3.63) is 35.6 Å². The van der Waals surface area contributed by atoms with E-state index >= 15 is 0 Å². The second kappa shape index (κ2) is 4.94. The summed E-state index contributed by atoms with van der Waals surface area (Å²) in [6.07, 6.45) is -0.0281. The number of rotatable bonds is 4. The first-order valence-corrected chi connectivity index (χ1v) is 4.29. The lowest BCUT2D eigenvalue weighted by atomic mass is 10.2. The van der Waals surface area contributed by atoms with Gasteiger partial charge in [-0.25, -0.2) is 4.39 Å². The van der Waals surface area contributed by atoms with Crippen LogP contribution >= 0.6 is 0 Å². The molecule has 0 aliphatic rings. The molecule has 0 saturated carbocycles. The lowest BCUT2D eigenvalue weighted by molar-refractivity contribution is 0.0573. The lowest BCUT2D eigenvalue weighted by Gasteiger charge is -2.10.